The van der Waals surface area contributed by atoms with Crippen molar-refractivity contribution in [2.45, 2.75) is 19.8 Å². The zero-order chi connectivity index (χ0) is 14.8. The average Bonchev–Trinajstić information content (AvgIpc) is 2.46. The highest BCUT2D eigenvalue weighted by Gasteiger charge is 2.08. The molecule has 1 N–H and O–H groups in total. The van der Waals surface area contributed by atoms with Crippen molar-refractivity contribution in [1.29, 1.82) is 0 Å². The number of rotatable bonds is 8. The predicted molar refractivity (Wildman–Crippen MR) is 79.1 cm³/mol. The molecule has 5 nitrogen and oxygen atoms in total. The minimum absolute atomic E-state index is 0.169. The Morgan fingerprint density at radius 3 is 2.75 bits per heavy atom. The normalized spacial score (nSPS) is 9.95. The molecule has 0 heterocycles. The van der Waals surface area contributed by atoms with Crippen molar-refractivity contribution in [1.82, 2.24) is 0 Å². The summed E-state index contributed by atoms with van der Waals surface area (Å²) in [5, 5.41) is 2.59. The van der Waals surface area contributed by atoms with Crippen LogP contribution in [-0.2, 0) is 4.74 Å². The van der Waals surface area contributed by atoms with Gasteiger partial charge in [0.05, 0.1) is 19.6 Å². The zero-order valence-electron chi connectivity index (χ0n) is 11.8. The van der Waals surface area contributed by atoms with E-state index in [9.17, 15) is 4.79 Å². The first-order valence-electron chi connectivity index (χ1n) is 6.51. The molecule has 0 bridgehead atoms. The third-order valence-corrected chi connectivity index (χ3v) is 2.63. The molecule has 0 radical (unpaired) electrons. The number of carbonyl (C=O) groups excluding carboxylic acids is 1. The van der Waals surface area contributed by atoms with Crippen LogP contribution in [0.5, 0.6) is 11.5 Å². The summed E-state index contributed by atoms with van der Waals surface area (Å²) in [6.07, 6.45) is 1.50. The molecule has 0 aliphatic heterocycles. The van der Waals surface area contributed by atoms with Gasteiger partial charge >= 0.3 is 6.09 Å². The van der Waals surface area contributed by atoms with E-state index in [-0.39, 0.29) is 12.5 Å². The Balaban J connectivity index is 2.63. The Labute approximate surface area is 124 Å². The second-order valence-corrected chi connectivity index (χ2v) is 4.40. The number of methoxy groups -OCH3 is 1. The van der Waals surface area contributed by atoms with Crippen molar-refractivity contribution in [3.05, 3.63) is 18.2 Å². The topological polar surface area (TPSA) is 56.8 Å². The van der Waals surface area contributed by atoms with Crippen LogP contribution in [0.15, 0.2) is 18.2 Å². The van der Waals surface area contributed by atoms with Gasteiger partial charge in [-0.2, -0.15) is 0 Å². The fourth-order valence-corrected chi connectivity index (χ4v) is 1.55. The van der Waals surface area contributed by atoms with Gasteiger partial charge in [-0.15, -0.1) is 11.6 Å². The highest BCUT2D eigenvalue weighted by atomic mass is 35.5. The average molecular weight is 302 g/mol. The van der Waals surface area contributed by atoms with E-state index in [2.05, 4.69) is 12.2 Å². The lowest BCUT2D eigenvalue weighted by Gasteiger charge is -2.12. The summed E-state index contributed by atoms with van der Waals surface area (Å²) in [7, 11) is 1.55. The first-order chi connectivity index (χ1) is 9.71. The number of unbranched alkanes of at least 4 members (excludes halogenated alkanes) is 1. The lowest BCUT2D eigenvalue weighted by Crippen LogP contribution is -2.15. The van der Waals surface area contributed by atoms with Crippen LogP contribution in [0.25, 0.3) is 0 Å². The molecule has 1 aromatic rings. The van der Waals surface area contributed by atoms with Crippen molar-refractivity contribution in [2.75, 3.05) is 31.5 Å². The number of amides is 1. The van der Waals surface area contributed by atoms with Crippen LogP contribution in [-0.4, -0.2) is 32.3 Å². The van der Waals surface area contributed by atoms with E-state index in [1.54, 1.807) is 25.3 Å². The van der Waals surface area contributed by atoms with E-state index < -0.39 is 6.09 Å². The van der Waals surface area contributed by atoms with Crippen molar-refractivity contribution in [3.63, 3.8) is 0 Å². The first-order valence-corrected chi connectivity index (χ1v) is 7.05. The lowest BCUT2D eigenvalue weighted by molar-refractivity contribution is 0.168. The number of hydrogen-bond donors (Lipinski definition) is 1. The van der Waals surface area contributed by atoms with Gasteiger partial charge in [0, 0.05) is 11.8 Å². The second kappa shape index (κ2) is 9.31. The van der Waals surface area contributed by atoms with Gasteiger partial charge in [0.1, 0.15) is 6.61 Å². The molecule has 0 aromatic heterocycles. The van der Waals surface area contributed by atoms with Crippen LogP contribution < -0.4 is 14.8 Å². The molecule has 0 saturated carbocycles. The monoisotopic (exact) mass is 301 g/mol. The molecule has 1 amide bonds. The molecule has 0 unspecified atom stereocenters. The maximum Gasteiger partial charge on any atom is 0.411 e. The van der Waals surface area contributed by atoms with Gasteiger partial charge in [0.25, 0.3) is 0 Å². The van der Waals surface area contributed by atoms with Gasteiger partial charge in [0.15, 0.2) is 11.5 Å². The minimum atomic E-state index is -0.549. The summed E-state index contributed by atoms with van der Waals surface area (Å²) in [6, 6.07) is 5.17. The maximum atomic E-state index is 11.4. The van der Waals surface area contributed by atoms with Crippen LogP contribution in [0.3, 0.4) is 0 Å². The van der Waals surface area contributed by atoms with Crippen molar-refractivity contribution >= 4 is 23.4 Å². The predicted octanol–water partition coefficient (Wildman–Crippen LogP) is 3.66. The van der Waals surface area contributed by atoms with Gasteiger partial charge in [0.2, 0.25) is 0 Å². The lowest BCUT2D eigenvalue weighted by atomic mass is 10.2. The Morgan fingerprint density at radius 1 is 1.30 bits per heavy atom. The Morgan fingerprint density at radius 2 is 2.10 bits per heavy atom. The van der Waals surface area contributed by atoms with E-state index in [1.807, 2.05) is 0 Å². The molecular weight excluding hydrogens is 282 g/mol. The van der Waals surface area contributed by atoms with Gasteiger partial charge < -0.3 is 14.2 Å². The molecule has 0 fully saturated rings. The molecule has 0 aliphatic rings. The van der Waals surface area contributed by atoms with Gasteiger partial charge in [-0.05, 0) is 18.6 Å². The summed E-state index contributed by atoms with van der Waals surface area (Å²) in [5.74, 6) is 1.48. The summed E-state index contributed by atoms with van der Waals surface area (Å²) in [5.41, 5.74) is 0.573. The molecule has 112 valence electrons. The van der Waals surface area contributed by atoms with Crippen LogP contribution in [0.4, 0.5) is 10.5 Å². The Kier molecular flexibility index (Phi) is 7.65. The SMILES string of the molecule is CCCCOc1ccc(NC(=O)OCCCl)cc1OC. The fraction of sp³-hybridized carbons (Fsp3) is 0.500. The minimum Gasteiger partial charge on any atom is -0.493 e. The van der Waals surface area contributed by atoms with Gasteiger partial charge in [-0.25, -0.2) is 4.79 Å². The fourth-order valence-electron chi connectivity index (χ4n) is 1.48. The van der Waals surface area contributed by atoms with Crippen molar-refractivity contribution < 1.29 is 19.0 Å². The Hall–Kier alpha value is -1.62. The number of hydrogen-bond acceptors (Lipinski definition) is 4. The number of benzene rings is 1. The van der Waals surface area contributed by atoms with E-state index in [0.29, 0.717) is 23.8 Å². The summed E-state index contributed by atoms with van der Waals surface area (Å²) < 4.78 is 15.7. The molecule has 0 spiro atoms. The molecule has 0 saturated heterocycles. The van der Waals surface area contributed by atoms with Gasteiger partial charge in [-0.1, -0.05) is 13.3 Å². The number of anilines is 1. The summed E-state index contributed by atoms with van der Waals surface area (Å²) >= 11 is 5.44. The molecule has 20 heavy (non-hydrogen) atoms. The quantitative estimate of drug-likeness (QED) is 0.588. The highest BCUT2D eigenvalue weighted by molar-refractivity contribution is 6.18. The first kappa shape index (κ1) is 16.4. The van der Waals surface area contributed by atoms with Crippen LogP contribution in [0, 0.1) is 0 Å². The third-order valence-electron chi connectivity index (χ3n) is 2.48. The Bertz CT molecular complexity index is 426. The van der Waals surface area contributed by atoms with Crippen LogP contribution in [0.1, 0.15) is 19.8 Å². The van der Waals surface area contributed by atoms with Crippen molar-refractivity contribution in [2.24, 2.45) is 0 Å². The third kappa shape index (κ3) is 5.57. The smallest absolute Gasteiger partial charge is 0.411 e. The summed E-state index contributed by atoms with van der Waals surface area (Å²) in [4.78, 5) is 11.4. The van der Waals surface area contributed by atoms with Crippen molar-refractivity contribution in [3.8, 4) is 11.5 Å². The number of carbonyl (C=O) groups is 1. The highest BCUT2D eigenvalue weighted by Crippen LogP contribution is 2.30. The number of alkyl halides is 1. The molecule has 1 rings (SSSR count). The standard InChI is InChI=1S/C14H20ClNO4/c1-3-4-8-19-12-6-5-11(10-13(12)18-2)16-14(17)20-9-7-15/h5-6,10H,3-4,7-9H2,1-2H3,(H,16,17). The van der Waals surface area contributed by atoms with E-state index in [1.165, 1.54) is 0 Å². The second-order valence-electron chi connectivity index (χ2n) is 4.02. The molecule has 0 aliphatic carbocycles. The van der Waals surface area contributed by atoms with Crippen LogP contribution >= 0.6 is 11.6 Å². The molecule has 1 aromatic carbocycles. The molecule has 0 atom stereocenters. The number of nitrogens with one attached hydrogen (secondary N) is 1. The van der Waals surface area contributed by atoms with E-state index in [0.717, 1.165) is 12.8 Å². The summed E-state index contributed by atoms with van der Waals surface area (Å²) in [6.45, 7) is 2.90. The van der Waals surface area contributed by atoms with E-state index >= 15 is 0 Å². The zero-order valence-corrected chi connectivity index (χ0v) is 12.5. The molecular formula is C14H20ClNO4. The largest absolute Gasteiger partial charge is 0.493 e. The maximum absolute atomic E-state index is 11.4. The van der Waals surface area contributed by atoms with E-state index in [4.69, 9.17) is 25.8 Å². The molecule has 6 heteroatoms. The van der Waals surface area contributed by atoms with Gasteiger partial charge in [-0.3, -0.25) is 5.32 Å². The number of halogens is 1. The number of ether oxygens (including phenoxy) is 3. The van der Waals surface area contributed by atoms with Crippen LogP contribution in [0.2, 0.25) is 0 Å².